The molecule has 0 aliphatic carbocycles. The molecule has 0 bridgehead atoms. The molecule has 6 rings (SSSR count). The van der Waals surface area contributed by atoms with Crippen molar-refractivity contribution in [1.29, 1.82) is 0 Å². The molecule has 0 aromatic heterocycles. The Balaban J connectivity index is 1.33. The van der Waals surface area contributed by atoms with Gasteiger partial charge < -0.3 is 20.0 Å². The van der Waals surface area contributed by atoms with Gasteiger partial charge in [-0.15, -0.1) is 0 Å². The summed E-state index contributed by atoms with van der Waals surface area (Å²) >= 11 is 25.2. The van der Waals surface area contributed by atoms with Gasteiger partial charge in [-0.1, -0.05) is 106 Å². The molecule has 1 unspecified atom stereocenters. The van der Waals surface area contributed by atoms with Crippen molar-refractivity contribution < 1.29 is 19.5 Å². The SMILES string of the molecule is O=C(OCc1ccccc1)[N@+]1(CCC(C(COCc2cc(Cl)cc(Cl)c2)=NO)c2ccc(Cl)c(Cl)c2)CC2(CCNCC2)c2ccccc21. The smallest absolute Gasteiger partial charge is 0.415 e. The third kappa shape index (κ3) is 7.94. The van der Waals surface area contributed by atoms with Crippen molar-refractivity contribution in [1.82, 2.24) is 9.80 Å². The summed E-state index contributed by atoms with van der Waals surface area (Å²) in [5, 5.41) is 19.4. The highest BCUT2D eigenvalue weighted by atomic mass is 35.5. The van der Waals surface area contributed by atoms with Gasteiger partial charge in [-0.05, 0) is 73.0 Å². The Labute approximate surface area is 306 Å². The lowest BCUT2D eigenvalue weighted by Gasteiger charge is -2.37. The number of oxime groups is 1. The quantitative estimate of drug-likeness (QED) is 0.0693. The normalized spacial score (nSPS) is 19.1. The summed E-state index contributed by atoms with van der Waals surface area (Å²) in [6.07, 6.45) is 1.94. The minimum absolute atomic E-state index is 0.0101. The van der Waals surface area contributed by atoms with E-state index in [4.69, 9.17) is 55.9 Å². The molecule has 2 aliphatic heterocycles. The fourth-order valence-corrected chi connectivity index (χ4v) is 8.26. The topological polar surface area (TPSA) is 80.2 Å². The second kappa shape index (κ2) is 15.8. The van der Waals surface area contributed by atoms with E-state index in [0.717, 1.165) is 48.3 Å². The predicted octanol–water partition coefficient (Wildman–Crippen LogP) is 9.80. The number of fused-ring (bicyclic) bond motifs is 2. The zero-order valence-electron chi connectivity index (χ0n) is 26.9. The van der Waals surface area contributed by atoms with E-state index < -0.39 is 5.92 Å². The summed E-state index contributed by atoms with van der Waals surface area (Å²) in [6.45, 7) is 3.07. The Morgan fingerprint density at radius 2 is 1.57 bits per heavy atom. The molecular weight excluding hydrogens is 704 g/mol. The maximum atomic E-state index is 14.6. The number of ether oxygens (including phenoxy) is 2. The van der Waals surface area contributed by atoms with Crippen LogP contribution >= 0.6 is 46.4 Å². The van der Waals surface area contributed by atoms with Gasteiger partial charge in [0.2, 0.25) is 0 Å². The Kier molecular flexibility index (Phi) is 11.5. The molecular formula is C38H38Cl4N3O4+. The molecule has 4 aromatic carbocycles. The van der Waals surface area contributed by atoms with Crippen LogP contribution in [0.1, 0.15) is 47.4 Å². The standard InChI is InChI=1S/C38H37Cl4N3O4/c39-29-18-27(19-30(40)21-29)22-48-24-35(44-47)31(28-10-11-33(41)34(42)20-28)12-17-45(37(46)49-23-26-6-2-1-3-7-26)25-38(13-15-43-16-14-38)32-8-4-5-9-36(32)45/h1-11,18-21,31,43H,12-17,22-25H2/p+1/t31?,45-/m1/s1. The second-order valence-corrected chi connectivity index (χ2v) is 14.5. The highest BCUT2D eigenvalue weighted by Crippen LogP contribution is 2.51. The number of hydrogen-bond donors (Lipinski definition) is 2. The predicted molar refractivity (Wildman–Crippen MR) is 198 cm³/mol. The van der Waals surface area contributed by atoms with Crippen molar-refractivity contribution in [2.75, 3.05) is 32.8 Å². The molecule has 1 saturated heterocycles. The third-order valence-corrected chi connectivity index (χ3v) is 10.9. The largest absolute Gasteiger partial charge is 0.521 e. The van der Waals surface area contributed by atoms with Crippen molar-refractivity contribution in [3.05, 3.63) is 133 Å². The Hall–Kier alpha value is -3.14. The molecule has 7 nitrogen and oxygen atoms in total. The number of nitrogens with zero attached hydrogens (tertiary/aromatic N) is 2. The fourth-order valence-electron chi connectivity index (χ4n) is 7.38. The summed E-state index contributed by atoms with van der Waals surface area (Å²) in [4.78, 5) is 14.6. The summed E-state index contributed by atoms with van der Waals surface area (Å²) in [7, 11) is 0. The molecule has 1 spiro atoms. The van der Waals surface area contributed by atoms with Gasteiger partial charge in [0, 0.05) is 34.0 Å². The van der Waals surface area contributed by atoms with Crippen LogP contribution in [0.15, 0.2) is 96.2 Å². The number of amides is 1. The first kappa shape index (κ1) is 35.7. The molecule has 1 fully saturated rings. The summed E-state index contributed by atoms with van der Waals surface area (Å²) in [5.74, 6) is -0.462. The molecule has 2 aliphatic rings. The van der Waals surface area contributed by atoms with E-state index in [0.29, 0.717) is 45.3 Å². The number of hydrogen-bond acceptors (Lipinski definition) is 6. The van der Waals surface area contributed by atoms with Crippen molar-refractivity contribution >= 4 is 63.9 Å². The van der Waals surface area contributed by atoms with Gasteiger partial charge in [0.25, 0.3) is 0 Å². The van der Waals surface area contributed by atoms with Gasteiger partial charge in [0.05, 0.1) is 40.9 Å². The van der Waals surface area contributed by atoms with Gasteiger partial charge >= 0.3 is 6.09 Å². The maximum absolute atomic E-state index is 14.6. The van der Waals surface area contributed by atoms with E-state index >= 15 is 0 Å². The van der Waals surface area contributed by atoms with Crippen LogP contribution in [0.5, 0.6) is 0 Å². The number of nitrogens with one attached hydrogen (secondary N) is 1. The van der Waals surface area contributed by atoms with Crippen LogP contribution in [0.4, 0.5) is 10.5 Å². The number of rotatable bonds is 11. The molecule has 0 radical (unpaired) electrons. The number of para-hydroxylation sites is 1. The van der Waals surface area contributed by atoms with Crippen molar-refractivity contribution in [2.45, 2.75) is 43.8 Å². The van der Waals surface area contributed by atoms with Crippen molar-refractivity contribution in [2.24, 2.45) is 5.16 Å². The monoisotopic (exact) mass is 740 g/mol. The van der Waals surface area contributed by atoms with E-state index in [1.54, 1.807) is 30.3 Å². The number of quaternary nitrogens is 1. The van der Waals surface area contributed by atoms with Crippen LogP contribution in [0.3, 0.4) is 0 Å². The van der Waals surface area contributed by atoms with Gasteiger partial charge in [-0.25, -0.2) is 0 Å². The van der Waals surface area contributed by atoms with E-state index in [2.05, 4.69) is 28.7 Å². The lowest BCUT2D eigenvalue weighted by molar-refractivity contribution is 0.0913. The molecule has 1 amide bonds. The second-order valence-electron chi connectivity index (χ2n) is 12.8. The minimum Gasteiger partial charge on any atom is -0.415 e. The highest BCUT2D eigenvalue weighted by Gasteiger charge is 2.58. The van der Waals surface area contributed by atoms with E-state index in [1.807, 2.05) is 42.5 Å². The van der Waals surface area contributed by atoms with Crippen LogP contribution in [-0.4, -0.2) is 49.8 Å². The average Bonchev–Trinajstić information content (AvgIpc) is 3.37. The van der Waals surface area contributed by atoms with Crippen LogP contribution < -0.4 is 9.80 Å². The summed E-state index contributed by atoms with van der Waals surface area (Å²) in [5.41, 5.74) is 4.84. The number of carbonyl (C=O) groups excluding carboxylic acids is 1. The van der Waals surface area contributed by atoms with Gasteiger partial charge in [-0.3, -0.25) is 0 Å². The third-order valence-electron chi connectivity index (χ3n) is 9.74. The van der Waals surface area contributed by atoms with Crippen LogP contribution in [0.2, 0.25) is 20.1 Å². The molecule has 0 saturated carbocycles. The summed E-state index contributed by atoms with van der Waals surface area (Å²) < 4.78 is 12.2. The molecule has 2 N–H and O–H groups in total. The summed E-state index contributed by atoms with van der Waals surface area (Å²) in [6, 6.07) is 28.5. The van der Waals surface area contributed by atoms with Crippen molar-refractivity contribution in [3.8, 4) is 0 Å². The lowest BCUT2D eigenvalue weighted by Crippen LogP contribution is -2.58. The molecule has 11 heteroatoms. The van der Waals surface area contributed by atoms with Crippen LogP contribution in [-0.2, 0) is 28.1 Å². The van der Waals surface area contributed by atoms with Crippen LogP contribution in [0, 0.1) is 0 Å². The fraction of sp³-hybridized carbons (Fsp3) is 0.316. The average molecular weight is 743 g/mol. The van der Waals surface area contributed by atoms with Gasteiger partial charge in [-0.2, -0.15) is 9.28 Å². The first-order chi connectivity index (χ1) is 23.7. The lowest BCUT2D eigenvalue weighted by atomic mass is 9.75. The van der Waals surface area contributed by atoms with Gasteiger partial charge in [0.15, 0.2) is 0 Å². The maximum Gasteiger partial charge on any atom is 0.521 e. The number of halogens is 4. The Bertz CT molecular complexity index is 1800. The molecule has 49 heavy (non-hydrogen) atoms. The van der Waals surface area contributed by atoms with Crippen molar-refractivity contribution in [3.63, 3.8) is 0 Å². The number of piperidine rings is 1. The minimum atomic E-state index is -0.462. The Morgan fingerprint density at radius 1 is 0.857 bits per heavy atom. The van der Waals surface area contributed by atoms with E-state index in [-0.39, 0.29) is 35.8 Å². The first-order valence-corrected chi connectivity index (χ1v) is 17.8. The zero-order valence-corrected chi connectivity index (χ0v) is 29.9. The first-order valence-electron chi connectivity index (χ1n) is 16.3. The molecule has 2 atom stereocenters. The molecule has 2 heterocycles. The molecule has 4 aromatic rings. The zero-order chi connectivity index (χ0) is 34.4. The highest BCUT2D eigenvalue weighted by molar-refractivity contribution is 6.42. The Morgan fingerprint density at radius 3 is 2.29 bits per heavy atom. The van der Waals surface area contributed by atoms with E-state index in [9.17, 15) is 10.0 Å². The number of benzene rings is 4. The van der Waals surface area contributed by atoms with Crippen LogP contribution in [0.25, 0.3) is 0 Å². The van der Waals surface area contributed by atoms with E-state index in [1.165, 1.54) is 5.56 Å². The number of carbonyl (C=O) groups is 1. The molecule has 256 valence electrons. The van der Waals surface area contributed by atoms with Gasteiger partial charge in [0.1, 0.15) is 18.8 Å².